The van der Waals surface area contributed by atoms with Crippen LogP contribution in [0.2, 0.25) is 0 Å². The maximum absolute atomic E-state index is 11.8. The van der Waals surface area contributed by atoms with Crippen molar-refractivity contribution < 1.29 is 4.79 Å². The number of hydrogen-bond acceptors (Lipinski definition) is 2. The van der Waals surface area contributed by atoms with Crippen LogP contribution in [0.15, 0.2) is 21.1 Å². The molecule has 94 valence electrons. The molecule has 0 aromatic heterocycles. The molecule has 0 aliphatic rings. The van der Waals surface area contributed by atoms with Crippen LogP contribution in [0, 0.1) is 12.8 Å². The Morgan fingerprint density at radius 3 is 2.41 bits per heavy atom. The maximum atomic E-state index is 11.8. The molecule has 1 aromatic carbocycles. The van der Waals surface area contributed by atoms with Gasteiger partial charge in [0.25, 0.3) is 0 Å². The fourth-order valence-corrected chi connectivity index (χ4v) is 3.02. The van der Waals surface area contributed by atoms with Crippen LogP contribution in [-0.4, -0.2) is 12.5 Å². The molecule has 0 spiro atoms. The Morgan fingerprint density at radius 1 is 1.41 bits per heavy atom. The molecule has 0 heterocycles. The van der Waals surface area contributed by atoms with Crippen molar-refractivity contribution in [3.63, 3.8) is 0 Å². The van der Waals surface area contributed by atoms with Crippen molar-refractivity contribution in [2.75, 3.05) is 11.9 Å². The maximum Gasteiger partial charge on any atom is 0.224 e. The highest BCUT2D eigenvalue weighted by atomic mass is 79.9. The van der Waals surface area contributed by atoms with E-state index in [2.05, 4.69) is 37.2 Å². The lowest BCUT2D eigenvalue weighted by Crippen LogP contribution is -2.20. The van der Waals surface area contributed by atoms with Gasteiger partial charge in [-0.05, 0) is 68.9 Å². The topological polar surface area (TPSA) is 55.1 Å². The minimum absolute atomic E-state index is 0.0202. The van der Waals surface area contributed by atoms with Crippen LogP contribution < -0.4 is 11.1 Å². The predicted molar refractivity (Wildman–Crippen MR) is 78.0 cm³/mol. The summed E-state index contributed by atoms with van der Waals surface area (Å²) in [6.45, 7) is 4.47. The first-order chi connectivity index (χ1) is 7.93. The van der Waals surface area contributed by atoms with Gasteiger partial charge in [0.15, 0.2) is 0 Å². The summed E-state index contributed by atoms with van der Waals surface area (Å²) in [5.41, 5.74) is 7.39. The quantitative estimate of drug-likeness (QED) is 0.860. The van der Waals surface area contributed by atoms with Gasteiger partial charge in [-0.1, -0.05) is 6.92 Å². The van der Waals surface area contributed by atoms with Crippen LogP contribution in [0.3, 0.4) is 0 Å². The summed E-state index contributed by atoms with van der Waals surface area (Å²) in [4.78, 5) is 11.8. The molecule has 0 saturated heterocycles. The van der Waals surface area contributed by atoms with Crippen molar-refractivity contribution in [2.45, 2.75) is 20.3 Å². The molecule has 0 aliphatic carbocycles. The van der Waals surface area contributed by atoms with Gasteiger partial charge in [0.2, 0.25) is 5.91 Å². The first kappa shape index (κ1) is 14.7. The minimum Gasteiger partial charge on any atom is -0.330 e. The number of carbonyl (C=O) groups excluding carboxylic acids is 1. The summed E-state index contributed by atoms with van der Waals surface area (Å²) in [6.07, 6.45) is 0.434. The number of anilines is 1. The number of halogens is 2. The molecule has 1 unspecified atom stereocenters. The first-order valence-electron chi connectivity index (χ1n) is 5.39. The van der Waals surface area contributed by atoms with Gasteiger partial charge in [-0.25, -0.2) is 0 Å². The van der Waals surface area contributed by atoms with Crippen LogP contribution in [0.5, 0.6) is 0 Å². The van der Waals surface area contributed by atoms with Crippen molar-refractivity contribution in [3.8, 4) is 0 Å². The molecule has 3 nitrogen and oxygen atoms in total. The monoisotopic (exact) mass is 362 g/mol. The van der Waals surface area contributed by atoms with E-state index in [0.29, 0.717) is 13.0 Å². The molecule has 0 aliphatic heterocycles. The summed E-state index contributed by atoms with van der Waals surface area (Å²) in [7, 11) is 0. The molecule has 0 radical (unpaired) electrons. The van der Waals surface area contributed by atoms with Gasteiger partial charge in [0, 0.05) is 15.4 Å². The Hall–Kier alpha value is -0.390. The molecule has 3 N–H and O–H groups in total. The third-order valence-electron chi connectivity index (χ3n) is 2.39. The summed E-state index contributed by atoms with van der Waals surface area (Å²) in [6, 6.07) is 3.93. The molecular weight excluding hydrogens is 348 g/mol. The second-order valence-corrected chi connectivity index (χ2v) is 5.91. The molecule has 1 rings (SSSR count). The zero-order chi connectivity index (χ0) is 13.0. The van der Waals surface area contributed by atoms with E-state index in [1.807, 2.05) is 26.0 Å². The number of rotatable bonds is 4. The number of aryl methyl sites for hydroxylation is 1. The van der Waals surface area contributed by atoms with E-state index in [4.69, 9.17) is 5.73 Å². The van der Waals surface area contributed by atoms with Gasteiger partial charge < -0.3 is 11.1 Å². The van der Waals surface area contributed by atoms with Crippen molar-refractivity contribution >= 4 is 43.5 Å². The van der Waals surface area contributed by atoms with Gasteiger partial charge >= 0.3 is 0 Å². The van der Waals surface area contributed by atoms with Gasteiger partial charge in [-0.2, -0.15) is 0 Å². The fourth-order valence-electron chi connectivity index (χ4n) is 1.41. The Labute approximate surface area is 118 Å². The number of amides is 1. The molecular formula is C12H16Br2N2O. The van der Waals surface area contributed by atoms with Crippen molar-refractivity contribution in [1.82, 2.24) is 0 Å². The number of hydrogen-bond donors (Lipinski definition) is 2. The van der Waals surface area contributed by atoms with Gasteiger partial charge in [-0.3, -0.25) is 4.79 Å². The summed E-state index contributed by atoms with van der Waals surface area (Å²) < 4.78 is 1.75. The smallest absolute Gasteiger partial charge is 0.224 e. The number of carbonyl (C=O) groups is 1. The fraction of sp³-hybridized carbons (Fsp3) is 0.417. The zero-order valence-corrected chi connectivity index (χ0v) is 13.1. The van der Waals surface area contributed by atoms with E-state index in [9.17, 15) is 4.79 Å². The highest BCUT2D eigenvalue weighted by Crippen LogP contribution is 2.32. The Kier molecular flexibility index (Phi) is 5.62. The second kappa shape index (κ2) is 6.52. The van der Waals surface area contributed by atoms with E-state index >= 15 is 0 Å². The van der Waals surface area contributed by atoms with E-state index in [0.717, 1.165) is 20.2 Å². The molecule has 5 heteroatoms. The first-order valence-corrected chi connectivity index (χ1v) is 6.98. The molecule has 1 aromatic rings. The van der Waals surface area contributed by atoms with Crippen molar-refractivity contribution in [3.05, 3.63) is 26.6 Å². The van der Waals surface area contributed by atoms with E-state index < -0.39 is 0 Å². The lowest BCUT2D eigenvalue weighted by molar-refractivity contribution is -0.116. The van der Waals surface area contributed by atoms with Crippen LogP contribution >= 0.6 is 31.9 Å². The normalized spacial score (nSPS) is 12.3. The zero-order valence-electron chi connectivity index (χ0n) is 9.89. The lowest BCUT2D eigenvalue weighted by Gasteiger charge is -2.12. The second-order valence-electron chi connectivity index (χ2n) is 4.20. The minimum atomic E-state index is -0.0202. The van der Waals surface area contributed by atoms with Gasteiger partial charge in [-0.15, -0.1) is 0 Å². The average Bonchev–Trinajstić information content (AvgIpc) is 2.23. The Balaban J connectivity index is 2.78. The van der Waals surface area contributed by atoms with Gasteiger partial charge in [0.1, 0.15) is 0 Å². The van der Waals surface area contributed by atoms with Crippen LogP contribution in [0.25, 0.3) is 0 Å². The molecule has 1 amide bonds. The Bertz CT molecular complexity index is 398. The molecule has 0 saturated carbocycles. The lowest BCUT2D eigenvalue weighted by atomic mass is 10.1. The highest BCUT2D eigenvalue weighted by molar-refractivity contribution is 9.11. The summed E-state index contributed by atoms with van der Waals surface area (Å²) in [5, 5.41) is 2.88. The average molecular weight is 364 g/mol. The SMILES string of the molecule is Cc1cc(Br)c(NC(=O)CC(C)CN)c(Br)c1. The third-order valence-corrected chi connectivity index (χ3v) is 3.64. The van der Waals surface area contributed by atoms with E-state index in [-0.39, 0.29) is 11.8 Å². The standard InChI is InChI=1S/C12H16Br2N2O/c1-7-3-9(13)12(10(14)4-7)16-11(17)5-8(2)6-15/h3-4,8H,5-6,15H2,1-2H3,(H,16,17). The van der Waals surface area contributed by atoms with Crippen LogP contribution in [0.1, 0.15) is 18.9 Å². The highest BCUT2D eigenvalue weighted by Gasteiger charge is 2.12. The summed E-state index contributed by atoms with van der Waals surface area (Å²) in [5.74, 6) is 0.172. The molecule has 17 heavy (non-hydrogen) atoms. The predicted octanol–water partition coefficient (Wildman–Crippen LogP) is 3.44. The van der Waals surface area contributed by atoms with Crippen molar-refractivity contribution in [2.24, 2.45) is 11.7 Å². The van der Waals surface area contributed by atoms with E-state index in [1.54, 1.807) is 0 Å². The third kappa shape index (κ3) is 4.41. The van der Waals surface area contributed by atoms with E-state index in [1.165, 1.54) is 0 Å². The van der Waals surface area contributed by atoms with Gasteiger partial charge in [0.05, 0.1) is 5.69 Å². The number of nitrogens with one attached hydrogen (secondary N) is 1. The van der Waals surface area contributed by atoms with Crippen LogP contribution in [-0.2, 0) is 4.79 Å². The van der Waals surface area contributed by atoms with Crippen molar-refractivity contribution in [1.29, 1.82) is 0 Å². The number of benzene rings is 1. The molecule has 0 fully saturated rings. The number of nitrogens with two attached hydrogens (primary N) is 1. The Morgan fingerprint density at radius 2 is 1.94 bits per heavy atom. The summed E-state index contributed by atoms with van der Waals surface area (Å²) >= 11 is 6.88. The largest absolute Gasteiger partial charge is 0.330 e. The molecule has 0 bridgehead atoms. The molecule has 1 atom stereocenters. The van der Waals surface area contributed by atoms with Crippen LogP contribution in [0.4, 0.5) is 5.69 Å².